The zero-order chi connectivity index (χ0) is 25.2. The van der Waals surface area contributed by atoms with Crippen molar-refractivity contribution >= 4 is 28.9 Å². The van der Waals surface area contributed by atoms with Gasteiger partial charge in [-0.15, -0.1) is 0 Å². The number of cyclic esters (lactones) is 1. The minimum absolute atomic E-state index is 0. The Kier molecular flexibility index (Phi) is 10.7. The topological polar surface area (TPSA) is 163 Å². The number of hydrogen-bond acceptors (Lipinski definition) is 5. The molecule has 2 aromatic carbocycles. The van der Waals surface area contributed by atoms with E-state index in [2.05, 4.69) is 77.0 Å². The van der Waals surface area contributed by atoms with Gasteiger partial charge in [-0.05, 0) is 48.7 Å². The molecule has 1 saturated heterocycles. The Balaban J connectivity index is 0.000000442. The van der Waals surface area contributed by atoms with Crippen LogP contribution in [-0.4, -0.2) is 69.8 Å². The normalized spacial score (nSPS) is 14.6. The van der Waals surface area contributed by atoms with E-state index in [0.29, 0.717) is 18.8 Å². The quantitative estimate of drug-likeness (QED) is 0.330. The molecular formula is C26H31N3O7. The summed E-state index contributed by atoms with van der Waals surface area (Å²) in [6.07, 6.45) is 4.71. The number of amides is 1. The summed E-state index contributed by atoms with van der Waals surface area (Å²) >= 11 is 0. The maximum absolute atomic E-state index is 11.2. The van der Waals surface area contributed by atoms with Crippen LogP contribution >= 0.6 is 0 Å². The number of carboxylic acids is 2. The van der Waals surface area contributed by atoms with Gasteiger partial charge in [-0.25, -0.2) is 14.4 Å². The molecular weight excluding hydrogens is 466 g/mol. The first-order valence-electron chi connectivity index (χ1n) is 11.2. The molecule has 1 aliphatic rings. The number of nitrogens with one attached hydrogen (secondary N) is 2. The van der Waals surface area contributed by atoms with E-state index in [1.165, 1.54) is 22.1 Å². The molecule has 0 bridgehead atoms. The van der Waals surface area contributed by atoms with Gasteiger partial charge in [0.15, 0.2) is 0 Å². The monoisotopic (exact) mass is 497 g/mol. The number of rotatable bonds is 9. The Labute approximate surface area is 208 Å². The highest BCUT2D eigenvalue weighted by molar-refractivity contribution is 5.89. The maximum atomic E-state index is 11.2. The summed E-state index contributed by atoms with van der Waals surface area (Å²) in [6, 6.07) is 17.1. The van der Waals surface area contributed by atoms with Gasteiger partial charge < -0.3 is 35.6 Å². The number of fused-ring (bicyclic) bond motifs is 1. The number of carbonyl (C=O) groups excluding carboxylic acids is 1. The van der Waals surface area contributed by atoms with Crippen molar-refractivity contribution in [2.24, 2.45) is 0 Å². The van der Waals surface area contributed by atoms with Crippen LogP contribution in [0.4, 0.5) is 4.79 Å². The van der Waals surface area contributed by atoms with Gasteiger partial charge in [0.25, 0.3) is 0 Å². The Hall–Kier alpha value is -4.15. The van der Waals surface area contributed by atoms with Gasteiger partial charge in [-0.2, -0.15) is 0 Å². The lowest BCUT2D eigenvalue weighted by atomic mass is 10.0. The molecule has 2 heterocycles. The second-order valence-electron chi connectivity index (χ2n) is 8.32. The van der Waals surface area contributed by atoms with Crippen LogP contribution in [0.5, 0.6) is 0 Å². The van der Waals surface area contributed by atoms with Crippen LogP contribution in [0.3, 0.4) is 0 Å². The highest BCUT2D eigenvalue weighted by Crippen LogP contribution is 2.22. The highest BCUT2D eigenvalue weighted by Gasteiger charge is 2.22. The number of aliphatic carboxylic acids is 2. The second-order valence-corrected chi connectivity index (χ2v) is 8.32. The average Bonchev–Trinajstić information content (AvgIpc) is 3.42. The van der Waals surface area contributed by atoms with Crippen molar-refractivity contribution in [1.82, 2.24) is 15.2 Å². The predicted molar refractivity (Wildman–Crippen MR) is 135 cm³/mol. The molecule has 1 aromatic heterocycles. The first-order chi connectivity index (χ1) is 16.8. The zero-order valence-corrected chi connectivity index (χ0v) is 19.9. The lowest BCUT2D eigenvalue weighted by Gasteiger charge is -2.16. The number of ether oxygens (including phenoxy) is 1. The zero-order valence-electron chi connectivity index (χ0n) is 19.9. The SMILES string of the molecule is CN(CCc1c[nH]c2ccc(C[C@H]3COC(=O)N3)cc12)Cc1ccccc1.O.O=C(O)/C=C\C(=O)O. The third-order valence-electron chi connectivity index (χ3n) is 5.48. The molecule has 0 saturated carbocycles. The number of nitrogens with zero attached hydrogens (tertiary/aromatic N) is 1. The molecule has 0 unspecified atom stereocenters. The number of aromatic nitrogens is 1. The van der Waals surface area contributed by atoms with E-state index in [4.69, 9.17) is 14.9 Å². The number of aromatic amines is 1. The van der Waals surface area contributed by atoms with Crippen LogP contribution in [0.2, 0.25) is 0 Å². The van der Waals surface area contributed by atoms with Crippen LogP contribution in [-0.2, 0) is 33.7 Å². The summed E-state index contributed by atoms with van der Waals surface area (Å²) in [7, 11) is 2.16. The third-order valence-corrected chi connectivity index (χ3v) is 5.48. The van der Waals surface area contributed by atoms with Gasteiger partial charge in [-0.3, -0.25) is 0 Å². The van der Waals surface area contributed by atoms with E-state index in [9.17, 15) is 14.4 Å². The van der Waals surface area contributed by atoms with Crippen LogP contribution in [0, 0.1) is 0 Å². The van der Waals surface area contributed by atoms with Gasteiger partial charge in [0.2, 0.25) is 0 Å². The number of benzene rings is 2. The first kappa shape index (κ1) is 28.1. The lowest BCUT2D eigenvalue weighted by Crippen LogP contribution is -2.28. The average molecular weight is 498 g/mol. The van der Waals surface area contributed by atoms with Crippen LogP contribution in [0.15, 0.2) is 66.9 Å². The molecule has 3 aromatic rings. The third kappa shape index (κ3) is 8.90. The van der Waals surface area contributed by atoms with Crippen molar-refractivity contribution in [2.75, 3.05) is 20.2 Å². The molecule has 0 aliphatic carbocycles. The summed E-state index contributed by atoms with van der Waals surface area (Å²) in [5, 5.41) is 19.7. The van der Waals surface area contributed by atoms with E-state index in [-0.39, 0.29) is 17.6 Å². The lowest BCUT2D eigenvalue weighted by molar-refractivity contribution is -0.134. The molecule has 4 rings (SSSR count). The summed E-state index contributed by atoms with van der Waals surface area (Å²) in [5.74, 6) is -2.51. The van der Waals surface area contributed by atoms with Crippen molar-refractivity contribution in [3.05, 3.63) is 83.6 Å². The summed E-state index contributed by atoms with van der Waals surface area (Å²) in [5.41, 5.74) is 5.04. The Morgan fingerprint density at radius 2 is 1.78 bits per heavy atom. The standard InChI is InChI=1S/C22H25N3O2.C4H4O4.H2O/c1-25(14-16-5-3-2-4-6-16)10-9-18-13-23-21-8-7-17(12-20(18)21)11-19-15-27-22(26)24-19;5-3(6)1-2-4(7)8;/h2-8,12-13,19,23H,9-11,14-15H2,1H3,(H,24,26);1-2H,(H,5,6)(H,7,8);1H2/b;2-1-;/t19-;;/m0../s1. The van der Waals surface area contributed by atoms with Crippen LogP contribution < -0.4 is 5.32 Å². The fraction of sp³-hybridized carbons (Fsp3) is 0.269. The van der Waals surface area contributed by atoms with Gasteiger partial charge in [-0.1, -0.05) is 36.4 Å². The Morgan fingerprint density at radius 3 is 2.39 bits per heavy atom. The molecule has 1 aliphatic heterocycles. The molecule has 6 N–H and O–H groups in total. The van der Waals surface area contributed by atoms with Gasteiger partial charge in [0, 0.05) is 42.3 Å². The van der Waals surface area contributed by atoms with Crippen molar-refractivity contribution in [1.29, 1.82) is 0 Å². The van der Waals surface area contributed by atoms with E-state index < -0.39 is 11.9 Å². The number of hydrogen-bond donors (Lipinski definition) is 4. The summed E-state index contributed by atoms with van der Waals surface area (Å²) in [4.78, 5) is 36.0. The molecule has 1 amide bonds. The number of likely N-dealkylation sites (N-methyl/N-ethyl adjacent to an activating group) is 1. The minimum atomic E-state index is -1.26. The molecule has 0 spiro atoms. The van der Waals surface area contributed by atoms with Crippen molar-refractivity contribution in [3.8, 4) is 0 Å². The van der Waals surface area contributed by atoms with Crippen LogP contribution in [0.25, 0.3) is 10.9 Å². The van der Waals surface area contributed by atoms with Gasteiger partial charge in [0.05, 0.1) is 6.04 Å². The van der Waals surface area contributed by atoms with Crippen molar-refractivity contribution in [3.63, 3.8) is 0 Å². The van der Waals surface area contributed by atoms with E-state index in [1.807, 2.05) is 0 Å². The first-order valence-corrected chi connectivity index (χ1v) is 11.2. The molecule has 10 nitrogen and oxygen atoms in total. The van der Waals surface area contributed by atoms with E-state index >= 15 is 0 Å². The molecule has 192 valence electrons. The largest absolute Gasteiger partial charge is 0.478 e. The number of carboxylic acid groups (broad SMARTS) is 2. The number of alkyl carbamates (subject to hydrolysis) is 1. The fourth-order valence-electron chi connectivity index (χ4n) is 3.81. The number of carbonyl (C=O) groups is 3. The Bertz CT molecular complexity index is 1170. The minimum Gasteiger partial charge on any atom is -0.478 e. The fourth-order valence-corrected chi connectivity index (χ4v) is 3.81. The van der Waals surface area contributed by atoms with Crippen molar-refractivity contribution < 1.29 is 34.8 Å². The van der Waals surface area contributed by atoms with Crippen molar-refractivity contribution in [2.45, 2.75) is 25.4 Å². The smallest absolute Gasteiger partial charge is 0.407 e. The molecule has 10 heteroatoms. The molecule has 1 atom stereocenters. The Morgan fingerprint density at radius 1 is 1.08 bits per heavy atom. The van der Waals surface area contributed by atoms with Gasteiger partial charge in [0.1, 0.15) is 6.61 Å². The van der Waals surface area contributed by atoms with Crippen LogP contribution in [0.1, 0.15) is 16.7 Å². The summed E-state index contributed by atoms with van der Waals surface area (Å²) < 4.78 is 4.99. The van der Waals surface area contributed by atoms with E-state index in [0.717, 1.165) is 31.4 Å². The number of H-pyrrole nitrogens is 1. The molecule has 0 radical (unpaired) electrons. The highest BCUT2D eigenvalue weighted by atomic mass is 16.6. The predicted octanol–water partition coefficient (Wildman–Crippen LogP) is 2.38. The molecule has 36 heavy (non-hydrogen) atoms. The maximum Gasteiger partial charge on any atom is 0.407 e. The van der Waals surface area contributed by atoms with Gasteiger partial charge >= 0.3 is 18.0 Å². The molecule has 1 fully saturated rings. The second kappa shape index (κ2) is 13.7. The summed E-state index contributed by atoms with van der Waals surface area (Å²) in [6.45, 7) is 2.40. The van der Waals surface area contributed by atoms with E-state index in [1.54, 1.807) is 0 Å².